The summed E-state index contributed by atoms with van der Waals surface area (Å²) in [6.45, 7) is 4.34. The molecule has 0 spiro atoms. The van der Waals surface area contributed by atoms with Crippen molar-refractivity contribution in [3.63, 3.8) is 0 Å². The maximum atomic E-state index is 12.5. The molecular weight excluding hydrogens is 434 g/mol. The number of hydrogen-bond acceptors (Lipinski definition) is 5. The van der Waals surface area contributed by atoms with Gasteiger partial charge in [0.1, 0.15) is 5.75 Å². The number of thiophene rings is 1. The average molecular weight is 458 g/mol. The number of carbonyl (C=O) groups excluding carboxylic acids is 2. The summed E-state index contributed by atoms with van der Waals surface area (Å²) in [6.07, 6.45) is 1.68. The number of aryl methyl sites for hydroxylation is 2. The van der Waals surface area contributed by atoms with Gasteiger partial charge in [0.25, 0.3) is 11.8 Å². The Hall–Kier alpha value is -3.97. The van der Waals surface area contributed by atoms with Crippen LogP contribution in [0.4, 0.5) is 5.69 Å². The van der Waals surface area contributed by atoms with Crippen molar-refractivity contribution in [2.45, 2.75) is 20.4 Å². The Kier molecular flexibility index (Phi) is 6.80. The Bertz CT molecular complexity index is 1250. The summed E-state index contributed by atoms with van der Waals surface area (Å²) in [7, 11) is 0. The molecule has 0 aliphatic heterocycles. The smallest absolute Gasteiger partial charge is 0.265 e. The monoisotopic (exact) mass is 457 g/mol. The minimum atomic E-state index is -0.207. The first-order valence-corrected chi connectivity index (χ1v) is 11.3. The van der Waals surface area contributed by atoms with E-state index in [1.165, 1.54) is 11.3 Å². The topological polar surface area (TPSA) is 80.3 Å². The molecule has 2 amide bonds. The minimum Gasteiger partial charge on any atom is -0.439 e. The van der Waals surface area contributed by atoms with E-state index in [0.717, 1.165) is 22.4 Å². The number of carbonyl (C=O) groups is 2. The van der Waals surface area contributed by atoms with E-state index >= 15 is 0 Å². The van der Waals surface area contributed by atoms with Crippen molar-refractivity contribution >= 4 is 28.8 Å². The molecule has 0 radical (unpaired) electrons. The van der Waals surface area contributed by atoms with Crippen molar-refractivity contribution in [1.82, 2.24) is 10.3 Å². The molecule has 4 rings (SSSR count). The molecule has 7 heteroatoms. The first kappa shape index (κ1) is 22.2. The van der Waals surface area contributed by atoms with Gasteiger partial charge in [0.15, 0.2) is 0 Å². The van der Waals surface area contributed by atoms with Gasteiger partial charge in [-0.1, -0.05) is 24.3 Å². The van der Waals surface area contributed by atoms with Crippen LogP contribution in [0, 0.1) is 13.8 Å². The van der Waals surface area contributed by atoms with Gasteiger partial charge in [-0.25, -0.2) is 4.98 Å². The normalized spacial score (nSPS) is 10.5. The average Bonchev–Trinajstić information content (AvgIpc) is 3.37. The maximum Gasteiger partial charge on any atom is 0.265 e. The van der Waals surface area contributed by atoms with E-state index in [1.54, 1.807) is 42.6 Å². The van der Waals surface area contributed by atoms with Crippen LogP contribution in [0.25, 0.3) is 0 Å². The number of aromatic nitrogens is 1. The Balaban J connectivity index is 1.30. The largest absolute Gasteiger partial charge is 0.439 e. The van der Waals surface area contributed by atoms with Crippen molar-refractivity contribution < 1.29 is 14.3 Å². The van der Waals surface area contributed by atoms with Gasteiger partial charge in [-0.3, -0.25) is 9.59 Å². The van der Waals surface area contributed by atoms with Gasteiger partial charge >= 0.3 is 0 Å². The van der Waals surface area contributed by atoms with Gasteiger partial charge in [0.2, 0.25) is 5.88 Å². The number of amides is 2. The fourth-order valence-electron chi connectivity index (χ4n) is 3.10. The third-order valence-corrected chi connectivity index (χ3v) is 5.83. The van der Waals surface area contributed by atoms with Crippen LogP contribution in [0.1, 0.15) is 36.7 Å². The highest BCUT2D eigenvalue weighted by molar-refractivity contribution is 7.12. The summed E-state index contributed by atoms with van der Waals surface area (Å²) in [5.74, 6) is 0.902. The quantitative estimate of drug-likeness (QED) is 0.371. The van der Waals surface area contributed by atoms with Gasteiger partial charge in [-0.2, -0.15) is 0 Å². The van der Waals surface area contributed by atoms with E-state index < -0.39 is 0 Å². The lowest BCUT2D eigenvalue weighted by molar-refractivity contribution is 0.0950. The molecule has 2 aromatic heterocycles. The van der Waals surface area contributed by atoms with E-state index in [2.05, 4.69) is 15.6 Å². The van der Waals surface area contributed by atoms with E-state index in [0.29, 0.717) is 28.6 Å². The van der Waals surface area contributed by atoms with E-state index in [4.69, 9.17) is 4.74 Å². The number of nitrogens with zero attached hydrogens (tertiary/aromatic N) is 1. The van der Waals surface area contributed by atoms with Crippen molar-refractivity contribution in [1.29, 1.82) is 0 Å². The van der Waals surface area contributed by atoms with Crippen LogP contribution >= 0.6 is 11.3 Å². The Morgan fingerprint density at radius 2 is 1.79 bits per heavy atom. The predicted molar refractivity (Wildman–Crippen MR) is 130 cm³/mol. The van der Waals surface area contributed by atoms with Crippen LogP contribution in [0.3, 0.4) is 0 Å². The zero-order valence-corrected chi connectivity index (χ0v) is 19.1. The fourth-order valence-corrected chi connectivity index (χ4v) is 3.71. The molecule has 0 fully saturated rings. The number of hydrogen-bond donors (Lipinski definition) is 2. The first-order chi connectivity index (χ1) is 16.0. The van der Waals surface area contributed by atoms with Crippen LogP contribution in [0.15, 0.2) is 78.3 Å². The van der Waals surface area contributed by atoms with Crippen LogP contribution in [0.2, 0.25) is 0 Å². The Morgan fingerprint density at radius 1 is 0.970 bits per heavy atom. The van der Waals surface area contributed by atoms with E-state index in [1.807, 2.05) is 49.6 Å². The molecule has 2 N–H and O–H groups in total. The Morgan fingerprint density at radius 3 is 2.48 bits per heavy atom. The molecule has 33 heavy (non-hydrogen) atoms. The SMILES string of the molecule is Cc1ccc(C)c(Oc2ccc(CNC(=O)c3ccc(NC(=O)c4cccs4)cc3)cn2)c1. The second-order valence-corrected chi connectivity index (χ2v) is 8.51. The second kappa shape index (κ2) is 10.1. The summed E-state index contributed by atoms with van der Waals surface area (Å²) in [5, 5.41) is 7.55. The lowest BCUT2D eigenvalue weighted by Crippen LogP contribution is -2.22. The van der Waals surface area contributed by atoms with Gasteiger partial charge in [0.05, 0.1) is 4.88 Å². The van der Waals surface area contributed by atoms with Crippen molar-refractivity contribution in [3.05, 3.63) is 105 Å². The lowest BCUT2D eigenvalue weighted by Gasteiger charge is -2.10. The molecule has 0 saturated carbocycles. The summed E-state index contributed by atoms with van der Waals surface area (Å²) >= 11 is 1.38. The molecule has 166 valence electrons. The molecular formula is C26H23N3O3S. The van der Waals surface area contributed by atoms with Crippen LogP contribution < -0.4 is 15.4 Å². The van der Waals surface area contributed by atoms with Gasteiger partial charge in [-0.05, 0) is 72.3 Å². The number of ether oxygens (including phenoxy) is 1. The fraction of sp³-hybridized carbons (Fsp3) is 0.115. The number of anilines is 1. The lowest BCUT2D eigenvalue weighted by atomic mass is 10.1. The zero-order chi connectivity index (χ0) is 23.2. The highest BCUT2D eigenvalue weighted by atomic mass is 32.1. The molecule has 0 bridgehead atoms. The summed E-state index contributed by atoms with van der Waals surface area (Å²) in [5.41, 5.74) is 4.15. The third kappa shape index (κ3) is 5.84. The number of pyridine rings is 1. The van der Waals surface area contributed by atoms with Crippen molar-refractivity contribution in [2.75, 3.05) is 5.32 Å². The molecule has 2 heterocycles. The van der Waals surface area contributed by atoms with Crippen LogP contribution in [-0.2, 0) is 6.54 Å². The van der Waals surface area contributed by atoms with Gasteiger partial charge < -0.3 is 15.4 Å². The standard InChI is InChI=1S/C26H23N3O3S/c1-17-5-6-18(2)22(14-17)32-24-12-7-19(15-27-24)16-28-25(30)20-8-10-21(11-9-20)29-26(31)23-4-3-13-33-23/h3-15H,16H2,1-2H3,(H,28,30)(H,29,31). The molecule has 0 aliphatic carbocycles. The molecule has 6 nitrogen and oxygen atoms in total. The highest BCUT2D eigenvalue weighted by Gasteiger charge is 2.09. The maximum absolute atomic E-state index is 12.5. The third-order valence-electron chi connectivity index (χ3n) is 4.96. The number of nitrogens with one attached hydrogen (secondary N) is 2. The summed E-state index contributed by atoms with van der Waals surface area (Å²) in [4.78, 5) is 29.6. The van der Waals surface area contributed by atoms with Crippen molar-refractivity contribution in [2.24, 2.45) is 0 Å². The van der Waals surface area contributed by atoms with E-state index in [-0.39, 0.29) is 11.8 Å². The highest BCUT2D eigenvalue weighted by Crippen LogP contribution is 2.24. The summed E-state index contributed by atoms with van der Waals surface area (Å²) in [6, 6.07) is 20.1. The van der Waals surface area contributed by atoms with Crippen LogP contribution in [-0.4, -0.2) is 16.8 Å². The van der Waals surface area contributed by atoms with Gasteiger partial charge in [-0.15, -0.1) is 11.3 Å². The first-order valence-electron chi connectivity index (χ1n) is 10.4. The molecule has 0 aliphatic rings. The molecule has 0 unspecified atom stereocenters. The van der Waals surface area contributed by atoms with Crippen molar-refractivity contribution in [3.8, 4) is 11.6 Å². The summed E-state index contributed by atoms with van der Waals surface area (Å²) < 4.78 is 5.87. The molecule has 0 atom stereocenters. The molecule has 4 aromatic rings. The second-order valence-electron chi connectivity index (χ2n) is 7.57. The Labute approximate surface area is 196 Å². The minimum absolute atomic E-state index is 0.167. The predicted octanol–water partition coefficient (Wildman–Crippen LogP) is 5.73. The molecule has 0 saturated heterocycles. The number of benzene rings is 2. The number of rotatable bonds is 7. The zero-order valence-electron chi connectivity index (χ0n) is 18.3. The van der Waals surface area contributed by atoms with Gasteiger partial charge in [0, 0.05) is 30.1 Å². The molecule has 2 aromatic carbocycles. The van der Waals surface area contributed by atoms with Crippen LogP contribution in [0.5, 0.6) is 11.6 Å². The van der Waals surface area contributed by atoms with E-state index in [9.17, 15) is 9.59 Å².